The average Bonchev–Trinajstić information content (AvgIpc) is 2.36. The molecule has 0 unspecified atom stereocenters. The molecule has 5 aliphatic rings. The van der Waals surface area contributed by atoms with Crippen LogP contribution in [0.4, 0.5) is 34.1 Å². The Hall–Kier alpha value is -6.26. The second-order valence-electron chi connectivity index (χ2n) is 31.3. The van der Waals surface area contributed by atoms with E-state index in [4.69, 9.17) is 0 Å². The number of fused-ring (bicyclic) bond motifs is 11. The lowest BCUT2D eigenvalue weighted by atomic mass is 9.33. The van der Waals surface area contributed by atoms with Crippen molar-refractivity contribution in [3.63, 3.8) is 0 Å². The molecule has 0 radical (unpaired) electrons. The molecular formula is C75H86BN3. The molecule has 7 aromatic carbocycles. The van der Waals surface area contributed by atoms with Crippen molar-refractivity contribution in [3.8, 4) is 16.9 Å². The summed E-state index contributed by atoms with van der Waals surface area (Å²) in [5.41, 5.74) is 29.7. The molecular weight excluding hydrogens is 954 g/mol. The van der Waals surface area contributed by atoms with E-state index in [0.717, 1.165) is 36.3 Å². The number of anilines is 6. The van der Waals surface area contributed by atoms with Crippen LogP contribution in [0.2, 0.25) is 0 Å². The third-order valence-corrected chi connectivity index (χ3v) is 20.5. The summed E-state index contributed by atoms with van der Waals surface area (Å²) in [6, 6.07) is 51.8. The van der Waals surface area contributed by atoms with Crippen LogP contribution >= 0.6 is 0 Å². The highest BCUT2D eigenvalue weighted by Crippen LogP contribution is 2.57. The van der Waals surface area contributed by atoms with Gasteiger partial charge < -0.3 is 14.4 Å². The summed E-state index contributed by atoms with van der Waals surface area (Å²) in [5, 5.41) is 1.39. The first-order valence-corrected chi connectivity index (χ1v) is 30.0. The van der Waals surface area contributed by atoms with Gasteiger partial charge in [-0.05, 0) is 191 Å². The summed E-state index contributed by atoms with van der Waals surface area (Å²) in [6.45, 7) is 46.1. The van der Waals surface area contributed by atoms with Crippen LogP contribution in [0.5, 0.6) is 0 Å². The average molecular weight is 1040 g/mol. The predicted octanol–water partition coefficient (Wildman–Crippen LogP) is 18.6. The number of aromatic nitrogens is 1. The van der Waals surface area contributed by atoms with Crippen molar-refractivity contribution in [2.75, 3.05) is 9.80 Å². The zero-order valence-corrected chi connectivity index (χ0v) is 51.4. The maximum Gasteiger partial charge on any atom is 0.252 e. The second kappa shape index (κ2) is 16.4. The quantitative estimate of drug-likeness (QED) is 0.163. The highest BCUT2D eigenvalue weighted by atomic mass is 15.2. The molecule has 404 valence electrons. The van der Waals surface area contributed by atoms with Crippen molar-refractivity contribution in [2.45, 2.75) is 201 Å². The lowest BCUT2D eigenvalue weighted by Crippen LogP contribution is -2.61. The molecule has 0 bridgehead atoms. The number of nitrogens with zero attached hydrogens (tertiary/aromatic N) is 3. The molecule has 0 amide bonds. The molecule has 4 heteroatoms. The van der Waals surface area contributed by atoms with Crippen molar-refractivity contribution >= 4 is 68.1 Å². The number of rotatable bonds is 4. The number of hydrogen-bond acceptors (Lipinski definition) is 2. The first kappa shape index (κ1) is 52.1. The maximum absolute atomic E-state index is 2.77. The zero-order chi connectivity index (χ0) is 56.3. The fraction of sp³-hybridized carbons (Fsp3) is 0.413. The van der Waals surface area contributed by atoms with E-state index in [9.17, 15) is 0 Å². The van der Waals surface area contributed by atoms with E-state index < -0.39 is 0 Å². The summed E-state index contributed by atoms with van der Waals surface area (Å²) < 4.78 is 2.77. The largest absolute Gasteiger partial charge is 0.311 e. The van der Waals surface area contributed by atoms with Gasteiger partial charge in [-0.1, -0.05) is 198 Å². The monoisotopic (exact) mass is 1040 g/mol. The van der Waals surface area contributed by atoms with Gasteiger partial charge >= 0.3 is 0 Å². The van der Waals surface area contributed by atoms with Crippen molar-refractivity contribution < 1.29 is 0 Å². The van der Waals surface area contributed by atoms with Crippen LogP contribution < -0.4 is 26.2 Å². The summed E-state index contributed by atoms with van der Waals surface area (Å²) in [5.74, 6) is 0. The van der Waals surface area contributed by atoms with Gasteiger partial charge in [0.05, 0.1) is 11.4 Å². The van der Waals surface area contributed by atoms with Crippen molar-refractivity contribution in [2.24, 2.45) is 0 Å². The zero-order valence-electron chi connectivity index (χ0n) is 51.4. The van der Waals surface area contributed by atoms with Crippen LogP contribution in [0.15, 0.2) is 127 Å². The Morgan fingerprint density at radius 1 is 0.430 bits per heavy atom. The van der Waals surface area contributed by atoms with E-state index in [0.29, 0.717) is 0 Å². The van der Waals surface area contributed by atoms with E-state index in [1.165, 1.54) is 118 Å². The van der Waals surface area contributed by atoms with Crippen molar-refractivity contribution in [1.82, 2.24) is 4.57 Å². The smallest absolute Gasteiger partial charge is 0.252 e. The van der Waals surface area contributed by atoms with Crippen LogP contribution in [0.3, 0.4) is 0 Å². The summed E-state index contributed by atoms with van der Waals surface area (Å²) in [6.07, 6.45) is 4.66. The lowest BCUT2D eigenvalue weighted by molar-refractivity contribution is 0.332. The van der Waals surface area contributed by atoms with Crippen LogP contribution in [-0.4, -0.2) is 11.3 Å². The van der Waals surface area contributed by atoms with Crippen LogP contribution in [-0.2, 0) is 43.3 Å². The molecule has 1 aromatic heterocycles. The third-order valence-electron chi connectivity index (χ3n) is 20.5. The Morgan fingerprint density at radius 3 is 1.49 bits per heavy atom. The fourth-order valence-electron chi connectivity index (χ4n) is 15.3. The van der Waals surface area contributed by atoms with Gasteiger partial charge in [0.25, 0.3) is 6.71 Å². The van der Waals surface area contributed by atoms with Gasteiger partial charge in [-0.15, -0.1) is 0 Å². The maximum atomic E-state index is 2.77. The lowest BCUT2D eigenvalue weighted by Gasteiger charge is -2.47. The van der Waals surface area contributed by atoms with Crippen LogP contribution in [0.25, 0.3) is 27.8 Å². The standard InChI is InChI=1S/C75H86BN3/c1-68(2,3)45-24-28-48(29-25-45)77(49-30-26-46(27-31-49)69(4,5)6)51-41-62-65-63(42-51)79-66-53(64-67(79)52-22-20-21-23-54(52)75(64,18)19)38-47(70(7,8)9)39-60(66)76(65)59-43-57-58(74(16,17)37-36-73(57,14)15)44-61(59)78(62)50-32-33-55-56(40-50)72(12,13)35-34-71(55,10)11/h20-33,38-44H,34-37H2,1-19H3. The SMILES string of the molecule is CC(C)(C)c1ccc(N(c2ccc(C(C)(C)C)cc2)c2cc3c4c(c2)-n2c5c(c6cc(C(C)(C)C)cc(c62)B4c2cc4c(cc2N3c2ccc3c(c2)C(C)(C)CCC3(C)C)C(C)(C)CCC4(C)C)C(C)(C)c2ccccc2-5)cc1. The van der Waals surface area contributed by atoms with E-state index in [1.54, 1.807) is 0 Å². The summed E-state index contributed by atoms with van der Waals surface area (Å²) in [4.78, 5) is 5.32. The Labute approximate surface area is 475 Å². The number of hydrogen-bond donors (Lipinski definition) is 0. The van der Waals surface area contributed by atoms with Gasteiger partial charge in [0.15, 0.2) is 0 Å². The molecule has 2 aliphatic heterocycles. The molecule has 13 rings (SSSR count). The van der Waals surface area contributed by atoms with Crippen LogP contribution in [0.1, 0.15) is 207 Å². The van der Waals surface area contributed by atoms with Crippen molar-refractivity contribution in [3.05, 3.63) is 177 Å². The van der Waals surface area contributed by atoms with Gasteiger partial charge in [-0.25, -0.2) is 0 Å². The van der Waals surface area contributed by atoms with Crippen molar-refractivity contribution in [1.29, 1.82) is 0 Å². The predicted molar refractivity (Wildman–Crippen MR) is 342 cm³/mol. The van der Waals surface area contributed by atoms with Gasteiger partial charge in [0.1, 0.15) is 0 Å². The normalized spacial score (nSPS) is 18.6. The molecule has 0 spiro atoms. The first-order chi connectivity index (χ1) is 36.8. The molecule has 3 nitrogen and oxygen atoms in total. The highest BCUT2D eigenvalue weighted by molar-refractivity contribution is 7.00. The Kier molecular flexibility index (Phi) is 10.9. The van der Waals surface area contributed by atoms with E-state index >= 15 is 0 Å². The molecule has 0 N–H and O–H groups in total. The highest BCUT2D eigenvalue weighted by Gasteiger charge is 2.50. The van der Waals surface area contributed by atoms with E-state index in [-0.39, 0.29) is 50.0 Å². The topological polar surface area (TPSA) is 11.4 Å². The molecule has 0 saturated heterocycles. The molecule has 3 heterocycles. The van der Waals surface area contributed by atoms with Gasteiger partial charge in [-0.2, -0.15) is 0 Å². The van der Waals surface area contributed by atoms with E-state index in [2.05, 4.69) is 273 Å². The van der Waals surface area contributed by atoms with Crippen LogP contribution in [0, 0.1) is 0 Å². The first-order valence-electron chi connectivity index (χ1n) is 30.0. The van der Waals surface area contributed by atoms with E-state index in [1.807, 2.05) is 0 Å². The fourth-order valence-corrected chi connectivity index (χ4v) is 15.3. The minimum absolute atomic E-state index is 0.0103. The van der Waals surface area contributed by atoms with Gasteiger partial charge in [0.2, 0.25) is 0 Å². The molecule has 0 fully saturated rings. The number of benzene rings is 7. The Bertz CT molecular complexity index is 3810. The minimum Gasteiger partial charge on any atom is -0.311 e. The van der Waals surface area contributed by atoms with Gasteiger partial charge in [0, 0.05) is 56.0 Å². The molecule has 8 aromatic rings. The molecule has 0 atom stereocenters. The summed E-state index contributed by atoms with van der Waals surface area (Å²) in [7, 11) is 0. The Balaban J connectivity index is 1.22. The minimum atomic E-state index is -0.220. The second-order valence-corrected chi connectivity index (χ2v) is 31.3. The summed E-state index contributed by atoms with van der Waals surface area (Å²) >= 11 is 0. The Morgan fingerprint density at radius 2 is 0.937 bits per heavy atom. The molecule has 0 saturated carbocycles. The van der Waals surface area contributed by atoms with Gasteiger partial charge in [-0.3, -0.25) is 0 Å². The molecule has 79 heavy (non-hydrogen) atoms. The third kappa shape index (κ3) is 7.64. The molecule has 3 aliphatic carbocycles.